The van der Waals surface area contributed by atoms with E-state index >= 15 is 0 Å². The number of rotatable bonds is 5. The second kappa shape index (κ2) is 9.93. The molecule has 4 rings (SSSR count). The predicted octanol–water partition coefficient (Wildman–Crippen LogP) is 1.09. The van der Waals surface area contributed by atoms with Gasteiger partial charge in [0, 0.05) is 13.1 Å². The standard InChI is InChI=1S/C24H24N2O5S/c1-2-31-23(28)15-22-26(16-21(27)25-9-11-30-12-10-25)24(29)20(32-22)14-17-7-8-18-5-3-4-6-19(18)13-17/h3-8,13-15H,2,9-12,16H2,1H3/b20-14+,22-15-. The fraction of sp³-hybridized carbons (Fsp3) is 0.292. The zero-order valence-electron chi connectivity index (χ0n) is 17.8. The Kier molecular flexibility index (Phi) is 6.82. The summed E-state index contributed by atoms with van der Waals surface area (Å²) in [4.78, 5) is 39.7. The van der Waals surface area contributed by atoms with Crippen molar-refractivity contribution in [2.75, 3.05) is 32.9 Å². The van der Waals surface area contributed by atoms with Gasteiger partial charge in [0.2, 0.25) is 5.91 Å². The summed E-state index contributed by atoms with van der Waals surface area (Å²) in [5, 5.41) is 2.18. The maximum Gasteiger partial charge on any atom is 0.333 e. The van der Waals surface area contributed by atoms with Crippen molar-refractivity contribution in [3.05, 3.63) is 67.6 Å². The van der Waals surface area contributed by atoms with Gasteiger partial charge in [-0.05, 0) is 35.4 Å². The normalized spacial score (nSPS) is 15.3. The molecule has 7 nitrogen and oxygen atoms in total. The molecule has 0 N–H and O–H groups in total. The summed E-state index contributed by atoms with van der Waals surface area (Å²) in [7, 11) is 0. The fourth-order valence-corrected chi connectivity index (χ4v) is 4.61. The van der Waals surface area contributed by atoms with Gasteiger partial charge in [-0.15, -0.1) is 11.3 Å². The van der Waals surface area contributed by atoms with Crippen molar-refractivity contribution in [3.63, 3.8) is 0 Å². The molecule has 2 heterocycles. The number of carbonyl (C=O) groups excluding carboxylic acids is 2. The molecule has 1 fully saturated rings. The third-order valence-corrected chi connectivity index (χ3v) is 6.25. The molecule has 8 heteroatoms. The second-order valence-corrected chi connectivity index (χ2v) is 8.40. The van der Waals surface area contributed by atoms with E-state index in [2.05, 4.69) is 0 Å². The molecule has 32 heavy (non-hydrogen) atoms. The number of esters is 1. The van der Waals surface area contributed by atoms with Crippen LogP contribution in [0, 0.1) is 0 Å². The number of hydrogen-bond acceptors (Lipinski definition) is 6. The van der Waals surface area contributed by atoms with Crippen molar-refractivity contribution in [3.8, 4) is 0 Å². The minimum Gasteiger partial charge on any atom is -0.463 e. The fourth-order valence-electron chi connectivity index (χ4n) is 3.57. The maximum absolute atomic E-state index is 13.2. The molecular weight excluding hydrogens is 428 g/mol. The van der Waals surface area contributed by atoms with Gasteiger partial charge in [-0.25, -0.2) is 4.79 Å². The van der Waals surface area contributed by atoms with E-state index in [0.29, 0.717) is 35.5 Å². The van der Waals surface area contributed by atoms with Crippen LogP contribution in [0.5, 0.6) is 0 Å². The lowest BCUT2D eigenvalue weighted by Crippen LogP contribution is -2.45. The lowest BCUT2D eigenvalue weighted by atomic mass is 10.1. The molecule has 0 atom stereocenters. The Labute approximate surface area is 188 Å². The van der Waals surface area contributed by atoms with E-state index in [1.54, 1.807) is 17.9 Å². The highest BCUT2D eigenvalue weighted by Crippen LogP contribution is 2.15. The number of ether oxygens (including phenoxy) is 2. The summed E-state index contributed by atoms with van der Waals surface area (Å²) in [5.41, 5.74) is 0.566. The molecule has 1 aliphatic heterocycles. The molecule has 1 amide bonds. The average Bonchev–Trinajstić information content (AvgIpc) is 3.08. The number of aromatic nitrogens is 1. The zero-order chi connectivity index (χ0) is 22.5. The van der Waals surface area contributed by atoms with Crippen molar-refractivity contribution in [2.45, 2.75) is 13.5 Å². The van der Waals surface area contributed by atoms with Crippen LogP contribution < -0.4 is 14.8 Å². The van der Waals surface area contributed by atoms with Crippen LogP contribution in [-0.4, -0.2) is 54.3 Å². The van der Waals surface area contributed by atoms with Crippen LogP contribution in [0.2, 0.25) is 0 Å². The molecular formula is C24H24N2O5S. The highest BCUT2D eigenvalue weighted by molar-refractivity contribution is 7.07. The topological polar surface area (TPSA) is 77.8 Å². The van der Waals surface area contributed by atoms with Crippen molar-refractivity contribution >= 4 is 46.1 Å². The third-order valence-electron chi connectivity index (χ3n) is 5.19. The van der Waals surface area contributed by atoms with Crippen LogP contribution in [0.4, 0.5) is 0 Å². The summed E-state index contributed by atoms with van der Waals surface area (Å²) in [6.07, 6.45) is 3.07. The average molecular weight is 453 g/mol. The molecule has 166 valence electrons. The molecule has 1 aliphatic rings. The Morgan fingerprint density at radius 2 is 1.88 bits per heavy atom. The number of carbonyl (C=O) groups is 2. The molecule has 1 saturated heterocycles. The first-order chi connectivity index (χ1) is 15.5. The molecule has 0 saturated carbocycles. The van der Waals surface area contributed by atoms with E-state index in [9.17, 15) is 14.4 Å². The minimum atomic E-state index is -0.543. The highest BCUT2D eigenvalue weighted by Gasteiger charge is 2.19. The third kappa shape index (κ3) is 4.98. The smallest absolute Gasteiger partial charge is 0.333 e. The van der Waals surface area contributed by atoms with Crippen LogP contribution in [0.25, 0.3) is 22.9 Å². The molecule has 1 aromatic heterocycles. The van der Waals surface area contributed by atoms with E-state index < -0.39 is 5.97 Å². The molecule has 0 spiro atoms. The molecule has 2 aromatic carbocycles. The second-order valence-electron chi connectivity index (χ2n) is 7.34. The van der Waals surface area contributed by atoms with Gasteiger partial charge < -0.3 is 14.4 Å². The van der Waals surface area contributed by atoms with E-state index in [1.165, 1.54) is 22.0 Å². The van der Waals surface area contributed by atoms with E-state index in [4.69, 9.17) is 9.47 Å². The van der Waals surface area contributed by atoms with Crippen molar-refractivity contribution in [1.29, 1.82) is 0 Å². The first kappa shape index (κ1) is 22.0. The Bertz CT molecular complexity index is 1320. The number of amides is 1. The van der Waals surface area contributed by atoms with Crippen LogP contribution >= 0.6 is 11.3 Å². The first-order valence-electron chi connectivity index (χ1n) is 10.5. The van der Waals surface area contributed by atoms with Crippen LogP contribution in [0.1, 0.15) is 12.5 Å². The largest absolute Gasteiger partial charge is 0.463 e. The van der Waals surface area contributed by atoms with Gasteiger partial charge in [-0.1, -0.05) is 36.4 Å². The van der Waals surface area contributed by atoms with Gasteiger partial charge in [0.05, 0.1) is 30.4 Å². The van der Waals surface area contributed by atoms with Crippen LogP contribution in [0.15, 0.2) is 47.3 Å². The van der Waals surface area contributed by atoms with Crippen molar-refractivity contribution < 1.29 is 19.1 Å². The first-order valence-corrected chi connectivity index (χ1v) is 11.3. The Morgan fingerprint density at radius 1 is 1.12 bits per heavy atom. The monoisotopic (exact) mass is 452 g/mol. The number of hydrogen-bond donors (Lipinski definition) is 0. The minimum absolute atomic E-state index is 0.133. The Hall–Kier alpha value is -3.23. The quantitative estimate of drug-likeness (QED) is 0.542. The Balaban J connectivity index is 1.75. The molecule has 3 aromatic rings. The van der Waals surface area contributed by atoms with Crippen LogP contribution in [0.3, 0.4) is 0 Å². The van der Waals surface area contributed by atoms with Crippen molar-refractivity contribution in [2.24, 2.45) is 0 Å². The number of thiazole rings is 1. The summed E-state index contributed by atoms with van der Waals surface area (Å²) < 4.78 is 12.5. The molecule has 0 bridgehead atoms. The van der Waals surface area contributed by atoms with Crippen LogP contribution in [-0.2, 0) is 25.6 Å². The lowest BCUT2D eigenvalue weighted by molar-refractivity contribution is -0.136. The zero-order valence-corrected chi connectivity index (χ0v) is 18.6. The maximum atomic E-state index is 13.2. The summed E-state index contributed by atoms with van der Waals surface area (Å²) >= 11 is 1.17. The number of benzene rings is 2. The van der Waals surface area contributed by atoms with E-state index in [-0.39, 0.29) is 24.6 Å². The van der Waals surface area contributed by atoms with Gasteiger partial charge in [0.15, 0.2) is 0 Å². The summed E-state index contributed by atoms with van der Waals surface area (Å²) in [6, 6.07) is 13.9. The van der Waals surface area contributed by atoms with Gasteiger partial charge in [0.1, 0.15) is 11.2 Å². The van der Waals surface area contributed by atoms with E-state index in [1.807, 2.05) is 42.5 Å². The molecule has 0 radical (unpaired) electrons. The molecule has 0 aliphatic carbocycles. The number of nitrogens with zero attached hydrogens (tertiary/aromatic N) is 2. The summed E-state index contributed by atoms with van der Waals surface area (Å²) in [5.74, 6) is -0.720. The highest BCUT2D eigenvalue weighted by atomic mass is 32.1. The van der Waals surface area contributed by atoms with Gasteiger partial charge >= 0.3 is 5.97 Å². The van der Waals surface area contributed by atoms with Gasteiger partial charge in [0.25, 0.3) is 5.56 Å². The Morgan fingerprint density at radius 3 is 2.62 bits per heavy atom. The summed E-state index contributed by atoms with van der Waals surface area (Å²) in [6.45, 7) is 3.75. The number of morpholine rings is 1. The van der Waals surface area contributed by atoms with E-state index in [0.717, 1.165) is 16.3 Å². The lowest BCUT2D eigenvalue weighted by Gasteiger charge is -2.26. The van der Waals surface area contributed by atoms with Crippen molar-refractivity contribution in [1.82, 2.24) is 9.47 Å². The SMILES string of the molecule is CCOC(=O)/C=c1\s/c(=C/c2ccc3ccccc3c2)c(=O)n1CC(=O)N1CCOCC1. The molecule has 0 unspecified atom stereocenters. The van der Waals surface area contributed by atoms with Gasteiger partial charge in [-0.2, -0.15) is 0 Å². The number of fused-ring (bicyclic) bond motifs is 1. The van der Waals surface area contributed by atoms with Gasteiger partial charge in [-0.3, -0.25) is 14.2 Å². The predicted molar refractivity (Wildman–Crippen MR) is 124 cm³/mol.